The molecule has 1 aliphatic heterocycles. The van der Waals surface area contributed by atoms with E-state index in [0.29, 0.717) is 18.9 Å². The lowest BCUT2D eigenvalue weighted by Crippen LogP contribution is -2.36. The Kier molecular flexibility index (Phi) is 4.88. The molecule has 0 bridgehead atoms. The smallest absolute Gasteiger partial charge is 0.404 e. The van der Waals surface area contributed by atoms with Crippen LogP contribution in [0.5, 0.6) is 0 Å². The van der Waals surface area contributed by atoms with Crippen LogP contribution >= 0.6 is 0 Å². The maximum atomic E-state index is 12.2. The highest BCUT2D eigenvalue weighted by molar-refractivity contribution is 5.86. The number of hydrogen-bond donors (Lipinski definition) is 0. The first-order valence-electron chi connectivity index (χ1n) is 7.79. The number of ether oxygens (including phenoxy) is 2. The highest BCUT2D eigenvalue weighted by Gasteiger charge is 2.19. The number of carbonyl (C=O) groups excluding carboxylic acids is 1. The van der Waals surface area contributed by atoms with Crippen LogP contribution in [0.3, 0.4) is 0 Å². The molecule has 3 rings (SSSR count). The van der Waals surface area contributed by atoms with Crippen LogP contribution < -0.4 is 9.88 Å². The van der Waals surface area contributed by atoms with Crippen LogP contribution in [-0.2, 0) is 16.1 Å². The largest absolute Gasteiger partial charge is 0.453 e. The van der Waals surface area contributed by atoms with Gasteiger partial charge in [0.15, 0.2) is 6.20 Å². The zero-order chi connectivity index (χ0) is 16.1. The lowest BCUT2D eigenvalue weighted by molar-refractivity contribution is -0.383. The van der Waals surface area contributed by atoms with Crippen LogP contribution in [0.15, 0.2) is 42.6 Å². The van der Waals surface area contributed by atoms with Crippen LogP contribution in [0.25, 0.3) is 0 Å². The Hall–Kier alpha value is -2.40. The number of nitrogens with zero attached hydrogens (tertiary/aromatic N) is 1. The number of aromatic nitrogens is 1. The van der Waals surface area contributed by atoms with Crippen LogP contribution in [-0.4, -0.2) is 32.3 Å². The lowest BCUT2D eigenvalue weighted by Gasteiger charge is -2.28. The molecule has 120 valence electrons. The Labute approximate surface area is 135 Å². The van der Waals surface area contributed by atoms with Crippen molar-refractivity contribution in [3.05, 3.63) is 59.4 Å². The molecule has 5 heteroatoms. The highest BCUT2D eigenvalue weighted by atomic mass is 16.5. The van der Waals surface area contributed by atoms with Gasteiger partial charge in [-0.15, -0.1) is 0 Å². The van der Waals surface area contributed by atoms with Gasteiger partial charge in [-0.3, -0.25) is 0 Å². The summed E-state index contributed by atoms with van der Waals surface area (Å²) in [7, 11) is 0. The number of morpholine rings is 1. The second-order valence-electron chi connectivity index (χ2n) is 5.62. The first-order chi connectivity index (χ1) is 11.2. The van der Waals surface area contributed by atoms with E-state index in [4.69, 9.17) is 9.47 Å². The van der Waals surface area contributed by atoms with Gasteiger partial charge < -0.3 is 14.4 Å². The molecule has 1 aromatic heterocycles. The Morgan fingerprint density at radius 2 is 1.96 bits per heavy atom. The normalized spacial score (nSPS) is 14.6. The standard InChI is InChI=1S/C18H20N2O3/c1-14-2-4-15(5-3-14)13-23-18(21)17-12-16(6-7-19-17)20-8-10-22-11-9-20/h2-7,12H,8-11,13H2,1H3/p+1. The quantitative estimate of drug-likeness (QED) is 0.810. The fourth-order valence-electron chi connectivity index (χ4n) is 2.50. The summed E-state index contributed by atoms with van der Waals surface area (Å²) in [6.45, 7) is 5.40. The molecule has 0 atom stereocenters. The second-order valence-corrected chi connectivity index (χ2v) is 5.62. The summed E-state index contributed by atoms with van der Waals surface area (Å²) in [6.07, 6.45) is 1.77. The zero-order valence-corrected chi connectivity index (χ0v) is 13.2. The van der Waals surface area contributed by atoms with Crippen LogP contribution in [0.1, 0.15) is 21.6 Å². The topological polar surface area (TPSA) is 52.9 Å². The molecule has 0 aliphatic carbocycles. The molecule has 0 saturated carbocycles. The summed E-state index contributed by atoms with van der Waals surface area (Å²) in [5.74, 6) is -0.347. The maximum absolute atomic E-state index is 12.2. The van der Waals surface area contributed by atoms with Crippen LogP contribution in [0.4, 0.5) is 5.69 Å². The van der Waals surface area contributed by atoms with Crippen LogP contribution in [0, 0.1) is 6.92 Å². The van der Waals surface area contributed by atoms with Crippen LogP contribution in [0.2, 0.25) is 0 Å². The molecule has 2 heterocycles. The third-order valence-corrected chi connectivity index (χ3v) is 3.87. The molecular weight excluding hydrogens is 292 g/mol. The molecule has 1 N–H and O–H groups in total. The van der Waals surface area contributed by atoms with Gasteiger partial charge in [-0.25, -0.2) is 9.78 Å². The molecule has 1 saturated heterocycles. The zero-order valence-electron chi connectivity index (χ0n) is 13.2. The summed E-state index contributed by atoms with van der Waals surface area (Å²) in [5, 5.41) is 0. The number of hydrogen-bond acceptors (Lipinski definition) is 4. The number of nitrogens with one attached hydrogen (secondary N) is 1. The minimum atomic E-state index is -0.347. The molecule has 5 nitrogen and oxygen atoms in total. The average molecular weight is 313 g/mol. The van der Waals surface area contributed by atoms with Gasteiger partial charge in [-0.05, 0) is 12.5 Å². The third kappa shape index (κ3) is 4.07. The first-order valence-corrected chi connectivity index (χ1v) is 7.79. The number of H-pyrrole nitrogens is 1. The van der Waals surface area contributed by atoms with E-state index in [1.807, 2.05) is 43.3 Å². The van der Waals surface area contributed by atoms with Gasteiger partial charge in [0.1, 0.15) is 6.61 Å². The molecule has 1 aromatic carbocycles. The van der Waals surface area contributed by atoms with Gasteiger partial charge in [0.05, 0.1) is 13.2 Å². The number of carbonyl (C=O) groups is 1. The van der Waals surface area contributed by atoms with Gasteiger partial charge in [-0.1, -0.05) is 29.8 Å². The van der Waals surface area contributed by atoms with E-state index in [1.54, 1.807) is 6.20 Å². The monoisotopic (exact) mass is 313 g/mol. The van der Waals surface area contributed by atoms with Crippen molar-refractivity contribution < 1.29 is 19.3 Å². The van der Waals surface area contributed by atoms with E-state index in [0.717, 1.165) is 24.3 Å². The molecule has 2 aromatic rings. The molecule has 0 amide bonds. The van der Waals surface area contributed by atoms with Crippen molar-refractivity contribution in [3.8, 4) is 0 Å². The van der Waals surface area contributed by atoms with Gasteiger partial charge in [0, 0.05) is 30.9 Å². The van der Waals surface area contributed by atoms with Gasteiger partial charge in [0.25, 0.3) is 5.69 Å². The van der Waals surface area contributed by atoms with Crippen molar-refractivity contribution in [2.24, 2.45) is 0 Å². The summed E-state index contributed by atoms with van der Waals surface area (Å²) >= 11 is 0. The second kappa shape index (κ2) is 7.24. The molecule has 0 radical (unpaired) electrons. The van der Waals surface area contributed by atoms with Crippen molar-refractivity contribution in [1.82, 2.24) is 0 Å². The van der Waals surface area contributed by atoms with E-state index < -0.39 is 0 Å². The maximum Gasteiger partial charge on any atom is 0.404 e. The SMILES string of the molecule is Cc1ccc(COC(=O)c2cc(N3CCOCC3)cc[nH+]2)cc1. The van der Waals surface area contributed by atoms with Gasteiger partial charge >= 0.3 is 5.97 Å². The summed E-state index contributed by atoms with van der Waals surface area (Å²) < 4.78 is 10.7. The number of pyridine rings is 1. The Morgan fingerprint density at radius 3 is 2.70 bits per heavy atom. The molecule has 1 aliphatic rings. The molecule has 0 unspecified atom stereocenters. The Balaban J connectivity index is 1.63. The van der Waals surface area contributed by atoms with E-state index in [2.05, 4.69) is 9.88 Å². The average Bonchev–Trinajstić information content (AvgIpc) is 2.62. The number of benzene rings is 1. The van der Waals surface area contributed by atoms with Crippen molar-refractivity contribution in [2.45, 2.75) is 13.5 Å². The molecular formula is C18H21N2O3+. The summed E-state index contributed by atoms with van der Waals surface area (Å²) in [6, 6.07) is 11.8. The molecule has 1 fully saturated rings. The van der Waals surface area contributed by atoms with E-state index >= 15 is 0 Å². The number of esters is 1. The van der Waals surface area contributed by atoms with Crippen molar-refractivity contribution in [2.75, 3.05) is 31.2 Å². The van der Waals surface area contributed by atoms with Crippen molar-refractivity contribution >= 4 is 11.7 Å². The predicted octanol–water partition coefficient (Wildman–Crippen LogP) is 2.00. The number of anilines is 1. The summed E-state index contributed by atoms with van der Waals surface area (Å²) in [4.78, 5) is 17.4. The number of rotatable bonds is 4. The fraction of sp³-hybridized carbons (Fsp3) is 0.333. The third-order valence-electron chi connectivity index (χ3n) is 3.87. The van der Waals surface area contributed by atoms with Crippen molar-refractivity contribution in [1.29, 1.82) is 0 Å². The number of aromatic amines is 1. The fourth-order valence-corrected chi connectivity index (χ4v) is 2.50. The van der Waals surface area contributed by atoms with Crippen molar-refractivity contribution in [3.63, 3.8) is 0 Å². The van der Waals surface area contributed by atoms with Gasteiger partial charge in [0.2, 0.25) is 0 Å². The number of aryl methyl sites for hydroxylation is 1. The highest BCUT2D eigenvalue weighted by Crippen LogP contribution is 2.15. The predicted molar refractivity (Wildman–Crippen MR) is 86.3 cm³/mol. The minimum Gasteiger partial charge on any atom is -0.453 e. The summed E-state index contributed by atoms with van der Waals surface area (Å²) in [5.41, 5.74) is 3.63. The van der Waals surface area contributed by atoms with E-state index in [-0.39, 0.29) is 12.6 Å². The Bertz CT molecular complexity index is 664. The first kappa shape index (κ1) is 15.5. The molecule has 0 spiro atoms. The lowest BCUT2D eigenvalue weighted by atomic mass is 10.2. The van der Waals surface area contributed by atoms with Gasteiger partial charge in [-0.2, -0.15) is 0 Å². The van der Waals surface area contributed by atoms with E-state index in [1.165, 1.54) is 5.56 Å². The van der Waals surface area contributed by atoms with E-state index in [9.17, 15) is 4.79 Å². The minimum absolute atomic E-state index is 0.273. The molecule has 23 heavy (non-hydrogen) atoms. The Morgan fingerprint density at radius 1 is 1.22 bits per heavy atom.